The molecule has 1 aliphatic rings. The van der Waals surface area contributed by atoms with Gasteiger partial charge in [-0.1, -0.05) is 38.1 Å². The molecule has 0 unspecified atom stereocenters. The smallest absolute Gasteiger partial charge is 0.218 e. The third kappa shape index (κ3) is 4.80. The van der Waals surface area contributed by atoms with Crippen LogP contribution in [-0.2, 0) is 22.3 Å². The summed E-state index contributed by atoms with van der Waals surface area (Å²) in [5.74, 6) is 0.755. The third-order valence-electron chi connectivity index (χ3n) is 4.09. The van der Waals surface area contributed by atoms with Gasteiger partial charge in [-0.3, -0.25) is 0 Å². The van der Waals surface area contributed by atoms with Gasteiger partial charge in [0.2, 0.25) is 10.0 Å². The zero-order chi connectivity index (χ0) is 15.3. The summed E-state index contributed by atoms with van der Waals surface area (Å²) >= 11 is 0. The van der Waals surface area contributed by atoms with Gasteiger partial charge in [0, 0.05) is 19.6 Å². The first kappa shape index (κ1) is 16.5. The zero-order valence-electron chi connectivity index (χ0n) is 13.0. The highest BCUT2D eigenvalue weighted by atomic mass is 32.2. The van der Waals surface area contributed by atoms with E-state index in [1.54, 1.807) is 4.31 Å². The summed E-state index contributed by atoms with van der Waals surface area (Å²) in [5.41, 5.74) is 2.05. The average molecular weight is 310 g/mol. The number of hydrogen-bond donors (Lipinski definition) is 1. The molecule has 0 aliphatic carbocycles. The van der Waals surface area contributed by atoms with Crippen LogP contribution in [0.25, 0.3) is 0 Å². The molecule has 0 amide bonds. The van der Waals surface area contributed by atoms with Gasteiger partial charge in [-0.2, -0.15) is 0 Å². The van der Waals surface area contributed by atoms with Gasteiger partial charge in [-0.05, 0) is 36.4 Å². The van der Waals surface area contributed by atoms with Gasteiger partial charge in [-0.25, -0.2) is 12.7 Å². The first-order chi connectivity index (χ1) is 10.0. The third-order valence-corrected chi connectivity index (χ3v) is 5.94. The van der Waals surface area contributed by atoms with Gasteiger partial charge in [0.05, 0.1) is 5.75 Å². The molecule has 0 saturated carbocycles. The van der Waals surface area contributed by atoms with Crippen LogP contribution in [0, 0.1) is 5.92 Å². The minimum Gasteiger partial charge on any atom is -0.313 e. The number of rotatable bonds is 6. The Morgan fingerprint density at radius 2 is 1.71 bits per heavy atom. The lowest BCUT2D eigenvalue weighted by atomic mass is 10.0. The molecular weight excluding hydrogens is 284 g/mol. The van der Waals surface area contributed by atoms with E-state index in [4.69, 9.17) is 0 Å². The van der Waals surface area contributed by atoms with E-state index >= 15 is 0 Å². The Balaban J connectivity index is 1.96. The Hall–Kier alpha value is -0.910. The van der Waals surface area contributed by atoms with E-state index in [9.17, 15) is 8.42 Å². The molecule has 1 aromatic carbocycles. The van der Waals surface area contributed by atoms with Crippen molar-refractivity contribution in [3.8, 4) is 0 Å². The van der Waals surface area contributed by atoms with E-state index < -0.39 is 10.0 Å². The molecule has 1 fully saturated rings. The van der Waals surface area contributed by atoms with Crippen LogP contribution in [0.1, 0.15) is 37.8 Å². The second kappa shape index (κ2) is 7.38. The number of benzene rings is 1. The topological polar surface area (TPSA) is 49.4 Å². The van der Waals surface area contributed by atoms with Crippen molar-refractivity contribution in [2.24, 2.45) is 5.92 Å². The molecule has 0 atom stereocenters. The second-order valence-electron chi connectivity index (χ2n) is 5.93. The van der Waals surface area contributed by atoms with Gasteiger partial charge in [0.25, 0.3) is 0 Å². The summed E-state index contributed by atoms with van der Waals surface area (Å²) in [6, 6.07) is 7.87. The molecule has 0 bridgehead atoms. The first-order valence-electron chi connectivity index (χ1n) is 7.77. The van der Waals surface area contributed by atoms with Gasteiger partial charge >= 0.3 is 0 Å². The molecule has 118 valence electrons. The highest BCUT2D eigenvalue weighted by Gasteiger charge is 2.26. The summed E-state index contributed by atoms with van der Waals surface area (Å²) in [6.07, 6.45) is 1.95. The van der Waals surface area contributed by atoms with E-state index in [0.717, 1.165) is 31.5 Å². The fraction of sp³-hybridized carbons (Fsp3) is 0.625. The standard InChI is InChI=1S/C16H26N2O2S/c1-3-17-12-15-4-6-16(7-5-15)13-21(19,20)18-10-8-14(2)9-11-18/h4-7,14,17H,3,8-13H2,1-2H3. The maximum atomic E-state index is 12.4. The highest BCUT2D eigenvalue weighted by molar-refractivity contribution is 7.88. The molecule has 0 aromatic heterocycles. The van der Waals surface area contributed by atoms with E-state index in [-0.39, 0.29) is 5.75 Å². The normalized spacial score (nSPS) is 18.0. The Morgan fingerprint density at radius 1 is 1.14 bits per heavy atom. The van der Waals surface area contributed by atoms with Crippen LogP contribution >= 0.6 is 0 Å². The molecular formula is C16H26N2O2S. The summed E-state index contributed by atoms with van der Waals surface area (Å²) in [6.45, 7) is 7.36. The molecule has 5 heteroatoms. The lowest BCUT2D eigenvalue weighted by molar-refractivity contribution is 0.287. The minimum absolute atomic E-state index is 0.114. The number of piperidine rings is 1. The number of nitrogens with one attached hydrogen (secondary N) is 1. The van der Waals surface area contributed by atoms with Gasteiger partial charge in [-0.15, -0.1) is 0 Å². The lowest BCUT2D eigenvalue weighted by Gasteiger charge is -2.29. The predicted molar refractivity (Wildman–Crippen MR) is 86.4 cm³/mol. The van der Waals surface area contributed by atoms with E-state index in [2.05, 4.69) is 19.2 Å². The van der Waals surface area contributed by atoms with Crippen molar-refractivity contribution in [3.63, 3.8) is 0 Å². The summed E-state index contributed by atoms with van der Waals surface area (Å²) in [4.78, 5) is 0. The zero-order valence-corrected chi connectivity index (χ0v) is 13.8. The van der Waals surface area contributed by atoms with Crippen LogP contribution in [-0.4, -0.2) is 32.4 Å². The molecule has 1 aromatic rings. The molecule has 0 spiro atoms. The van der Waals surface area contributed by atoms with Crippen molar-refractivity contribution >= 4 is 10.0 Å². The fourth-order valence-electron chi connectivity index (χ4n) is 2.59. The van der Waals surface area contributed by atoms with E-state index in [1.165, 1.54) is 5.56 Å². The number of hydrogen-bond acceptors (Lipinski definition) is 3. The number of nitrogens with zero attached hydrogens (tertiary/aromatic N) is 1. The average Bonchev–Trinajstić information content (AvgIpc) is 2.47. The molecule has 0 radical (unpaired) electrons. The lowest BCUT2D eigenvalue weighted by Crippen LogP contribution is -2.38. The van der Waals surface area contributed by atoms with Crippen LogP contribution in [0.5, 0.6) is 0 Å². The highest BCUT2D eigenvalue weighted by Crippen LogP contribution is 2.21. The Labute approximate surface area is 128 Å². The summed E-state index contributed by atoms with van der Waals surface area (Å²) in [7, 11) is -3.17. The second-order valence-corrected chi connectivity index (χ2v) is 7.90. The summed E-state index contributed by atoms with van der Waals surface area (Å²) in [5, 5.41) is 3.26. The quantitative estimate of drug-likeness (QED) is 0.877. The molecule has 2 rings (SSSR count). The van der Waals surface area contributed by atoms with Gasteiger partial charge in [0.1, 0.15) is 0 Å². The maximum absolute atomic E-state index is 12.4. The molecule has 1 aliphatic heterocycles. The van der Waals surface area contributed by atoms with Crippen LogP contribution in [0.3, 0.4) is 0 Å². The predicted octanol–water partition coefficient (Wildman–Crippen LogP) is 2.36. The monoisotopic (exact) mass is 310 g/mol. The van der Waals surface area contributed by atoms with E-state index in [0.29, 0.717) is 19.0 Å². The van der Waals surface area contributed by atoms with Crippen LogP contribution in [0.15, 0.2) is 24.3 Å². The summed E-state index contributed by atoms with van der Waals surface area (Å²) < 4.78 is 26.5. The Kier molecular flexibility index (Phi) is 5.79. The molecule has 1 N–H and O–H groups in total. The van der Waals surface area contributed by atoms with E-state index in [1.807, 2.05) is 24.3 Å². The van der Waals surface area contributed by atoms with Crippen molar-refractivity contribution in [1.29, 1.82) is 0 Å². The van der Waals surface area contributed by atoms with Crippen molar-refractivity contribution < 1.29 is 8.42 Å². The van der Waals surface area contributed by atoms with Crippen molar-refractivity contribution in [1.82, 2.24) is 9.62 Å². The molecule has 21 heavy (non-hydrogen) atoms. The van der Waals surface area contributed by atoms with Crippen molar-refractivity contribution in [3.05, 3.63) is 35.4 Å². The molecule has 4 nitrogen and oxygen atoms in total. The largest absolute Gasteiger partial charge is 0.313 e. The fourth-order valence-corrected chi connectivity index (χ4v) is 4.15. The van der Waals surface area contributed by atoms with Crippen LogP contribution in [0.2, 0.25) is 0 Å². The van der Waals surface area contributed by atoms with Crippen molar-refractivity contribution in [2.45, 2.75) is 39.0 Å². The number of sulfonamides is 1. The molecule has 1 saturated heterocycles. The first-order valence-corrected chi connectivity index (χ1v) is 9.38. The Morgan fingerprint density at radius 3 is 2.29 bits per heavy atom. The minimum atomic E-state index is -3.17. The molecule has 1 heterocycles. The van der Waals surface area contributed by atoms with Crippen molar-refractivity contribution in [2.75, 3.05) is 19.6 Å². The Bertz CT molecular complexity index is 532. The SMILES string of the molecule is CCNCc1ccc(CS(=O)(=O)N2CCC(C)CC2)cc1. The maximum Gasteiger partial charge on any atom is 0.218 e. The van der Waals surface area contributed by atoms with Crippen LogP contribution < -0.4 is 5.32 Å². The van der Waals surface area contributed by atoms with Crippen LogP contribution in [0.4, 0.5) is 0 Å². The van der Waals surface area contributed by atoms with Gasteiger partial charge in [0.15, 0.2) is 0 Å². The van der Waals surface area contributed by atoms with Gasteiger partial charge < -0.3 is 5.32 Å².